The summed E-state index contributed by atoms with van der Waals surface area (Å²) in [5, 5.41) is 3.42. The molecule has 0 unspecified atom stereocenters. The van der Waals surface area contributed by atoms with Crippen LogP contribution in [0, 0.1) is 5.92 Å². The van der Waals surface area contributed by atoms with Crippen molar-refractivity contribution in [1.29, 1.82) is 0 Å². The van der Waals surface area contributed by atoms with E-state index < -0.39 is 0 Å². The normalized spacial score (nSPS) is 12.5. The number of imidazole rings is 1. The van der Waals surface area contributed by atoms with Crippen molar-refractivity contribution in [3.05, 3.63) is 23.8 Å². The average molecular weight is 207 g/mol. The lowest BCUT2D eigenvalue weighted by Gasteiger charge is -2.07. The molecule has 1 rings (SSSR count). The lowest BCUT2D eigenvalue weighted by Crippen LogP contribution is -2.21. The Kier molecular flexibility index (Phi) is 4.56. The van der Waals surface area contributed by atoms with Crippen LogP contribution in [-0.2, 0) is 7.05 Å². The average Bonchev–Trinajstić information content (AvgIpc) is 2.51. The van der Waals surface area contributed by atoms with E-state index in [4.69, 9.17) is 0 Å². The summed E-state index contributed by atoms with van der Waals surface area (Å²) in [4.78, 5) is 4.08. The van der Waals surface area contributed by atoms with Crippen LogP contribution in [0.3, 0.4) is 0 Å². The fraction of sp³-hybridized carbons (Fsp3) is 0.583. The first-order chi connectivity index (χ1) is 7.09. The molecule has 1 aromatic rings. The molecule has 3 nitrogen and oxygen atoms in total. The summed E-state index contributed by atoms with van der Waals surface area (Å²) in [6, 6.07) is 0. The van der Waals surface area contributed by atoms with Gasteiger partial charge in [-0.05, 0) is 25.5 Å². The van der Waals surface area contributed by atoms with Gasteiger partial charge in [0.15, 0.2) is 0 Å². The van der Waals surface area contributed by atoms with E-state index in [-0.39, 0.29) is 0 Å². The number of hydrogen-bond donors (Lipinski definition) is 1. The molecule has 84 valence electrons. The molecular formula is C12H21N3. The van der Waals surface area contributed by atoms with E-state index in [1.54, 1.807) is 0 Å². The van der Waals surface area contributed by atoms with E-state index in [2.05, 4.69) is 37.1 Å². The summed E-state index contributed by atoms with van der Waals surface area (Å²) in [5.41, 5.74) is 2.48. The molecule has 0 amide bonds. The summed E-state index contributed by atoms with van der Waals surface area (Å²) >= 11 is 0. The third-order valence-electron chi connectivity index (χ3n) is 2.20. The fourth-order valence-corrected chi connectivity index (χ4v) is 1.37. The van der Waals surface area contributed by atoms with Crippen LogP contribution in [0.5, 0.6) is 0 Å². The second-order valence-corrected chi connectivity index (χ2v) is 4.44. The van der Waals surface area contributed by atoms with Crippen LogP contribution in [-0.4, -0.2) is 22.6 Å². The number of hydrogen-bond acceptors (Lipinski definition) is 2. The first kappa shape index (κ1) is 12.0. The molecule has 3 heteroatoms. The lowest BCUT2D eigenvalue weighted by molar-refractivity contribution is 0.572. The van der Waals surface area contributed by atoms with Crippen molar-refractivity contribution in [3.8, 4) is 0 Å². The van der Waals surface area contributed by atoms with Crippen LogP contribution in [0.4, 0.5) is 0 Å². The first-order valence-electron chi connectivity index (χ1n) is 5.44. The fourth-order valence-electron chi connectivity index (χ4n) is 1.37. The number of nitrogens with zero attached hydrogens (tertiary/aromatic N) is 2. The second kappa shape index (κ2) is 5.71. The van der Waals surface area contributed by atoms with Crippen molar-refractivity contribution in [2.45, 2.75) is 20.8 Å². The quantitative estimate of drug-likeness (QED) is 0.801. The van der Waals surface area contributed by atoms with Crippen molar-refractivity contribution >= 4 is 6.08 Å². The van der Waals surface area contributed by atoms with Crippen LogP contribution in [0.2, 0.25) is 0 Å². The predicted molar refractivity (Wildman–Crippen MR) is 64.6 cm³/mol. The zero-order valence-corrected chi connectivity index (χ0v) is 10.1. The Hall–Kier alpha value is -1.09. The van der Waals surface area contributed by atoms with Gasteiger partial charge in [0, 0.05) is 13.6 Å². The van der Waals surface area contributed by atoms with Gasteiger partial charge in [-0.3, -0.25) is 0 Å². The summed E-state index contributed by atoms with van der Waals surface area (Å²) in [5.74, 6) is 0.703. The predicted octanol–water partition coefficient (Wildman–Crippen LogP) is 2.07. The molecule has 0 fully saturated rings. The molecule has 0 radical (unpaired) electrons. The maximum absolute atomic E-state index is 4.08. The molecule has 1 N–H and O–H groups in total. The lowest BCUT2D eigenvalue weighted by atomic mass is 10.2. The minimum absolute atomic E-state index is 0.703. The van der Waals surface area contributed by atoms with Crippen LogP contribution in [0.1, 0.15) is 26.5 Å². The molecule has 0 aromatic carbocycles. The Morgan fingerprint density at radius 3 is 2.87 bits per heavy atom. The summed E-state index contributed by atoms with van der Waals surface area (Å²) in [7, 11) is 2.01. The molecule has 0 saturated carbocycles. The number of aryl methyl sites for hydroxylation is 1. The van der Waals surface area contributed by atoms with E-state index in [1.165, 1.54) is 5.57 Å². The van der Waals surface area contributed by atoms with E-state index in [1.807, 2.05) is 24.1 Å². The molecule has 1 heterocycles. The maximum atomic E-state index is 4.08. The topological polar surface area (TPSA) is 29.9 Å². The Bertz CT molecular complexity index is 323. The molecule has 0 aliphatic heterocycles. The number of rotatable bonds is 5. The number of nitrogens with one attached hydrogen (secondary N) is 1. The molecule has 0 saturated heterocycles. The Morgan fingerprint density at radius 1 is 1.60 bits per heavy atom. The van der Waals surface area contributed by atoms with E-state index in [0.717, 1.165) is 18.8 Å². The van der Waals surface area contributed by atoms with Gasteiger partial charge >= 0.3 is 0 Å². The Labute approximate surface area is 92.2 Å². The Morgan fingerprint density at radius 2 is 2.33 bits per heavy atom. The van der Waals surface area contributed by atoms with Gasteiger partial charge in [-0.1, -0.05) is 19.4 Å². The smallest absolute Gasteiger partial charge is 0.0948 e. The standard InChI is InChI=1S/C12H21N3/c1-10(2)6-13-7-11(3)5-12-8-14-9-15(12)4/h5,8-10,13H,6-7H2,1-4H3. The van der Waals surface area contributed by atoms with Crippen LogP contribution >= 0.6 is 0 Å². The molecule has 0 bridgehead atoms. The van der Waals surface area contributed by atoms with E-state index >= 15 is 0 Å². The SMILES string of the molecule is CC(=Cc1cncn1C)CNCC(C)C. The molecule has 15 heavy (non-hydrogen) atoms. The van der Waals surface area contributed by atoms with Crippen molar-refractivity contribution in [3.63, 3.8) is 0 Å². The minimum Gasteiger partial charge on any atom is -0.334 e. The van der Waals surface area contributed by atoms with Gasteiger partial charge in [-0.2, -0.15) is 0 Å². The van der Waals surface area contributed by atoms with Gasteiger partial charge in [0.05, 0.1) is 18.2 Å². The van der Waals surface area contributed by atoms with Crippen LogP contribution in [0.15, 0.2) is 18.1 Å². The molecule has 0 spiro atoms. The summed E-state index contributed by atoms with van der Waals surface area (Å²) in [6.45, 7) is 8.58. The van der Waals surface area contributed by atoms with Gasteiger partial charge in [0.1, 0.15) is 0 Å². The van der Waals surface area contributed by atoms with Gasteiger partial charge in [-0.25, -0.2) is 4.98 Å². The first-order valence-corrected chi connectivity index (χ1v) is 5.44. The minimum atomic E-state index is 0.703. The van der Waals surface area contributed by atoms with Gasteiger partial charge < -0.3 is 9.88 Å². The van der Waals surface area contributed by atoms with Crippen molar-refractivity contribution in [2.24, 2.45) is 13.0 Å². The maximum Gasteiger partial charge on any atom is 0.0948 e. The highest BCUT2D eigenvalue weighted by atomic mass is 15.0. The highest BCUT2D eigenvalue weighted by molar-refractivity contribution is 5.48. The molecule has 0 aliphatic rings. The van der Waals surface area contributed by atoms with E-state index in [0.29, 0.717) is 5.92 Å². The van der Waals surface area contributed by atoms with Crippen molar-refractivity contribution in [1.82, 2.24) is 14.9 Å². The van der Waals surface area contributed by atoms with Crippen LogP contribution < -0.4 is 5.32 Å². The molecular weight excluding hydrogens is 186 g/mol. The molecule has 0 atom stereocenters. The second-order valence-electron chi connectivity index (χ2n) is 4.44. The van der Waals surface area contributed by atoms with Crippen LogP contribution in [0.25, 0.3) is 6.08 Å². The zero-order chi connectivity index (χ0) is 11.3. The zero-order valence-electron chi connectivity index (χ0n) is 10.1. The third kappa shape index (κ3) is 4.30. The molecule has 1 aromatic heterocycles. The van der Waals surface area contributed by atoms with Gasteiger partial charge in [0.2, 0.25) is 0 Å². The van der Waals surface area contributed by atoms with Crippen molar-refractivity contribution in [2.75, 3.05) is 13.1 Å². The highest BCUT2D eigenvalue weighted by Crippen LogP contribution is 2.04. The van der Waals surface area contributed by atoms with Crippen molar-refractivity contribution < 1.29 is 0 Å². The third-order valence-corrected chi connectivity index (χ3v) is 2.20. The Balaban J connectivity index is 2.43. The largest absolute Gasteiger partial charge is 0.334 e. The summed E-state index contributed by atoms with van der Waals surface area (Å²) < 4.78 is 2.02. The molecule has 0 aliphatic carbocycles. The van der Waals surface area contributed by atoms with Gasteiger partial charge in [0.25, 0.3) is 0 Å². The highest BCUT2D eigenvalue weighted by Gasteiger charge is 1.96. The van der Waals surface area contributed by atoms with E-state index in [9.17, 15) is 0 Å². The number of aromatic nitrogens is 2. The summed E-state index contributed by atoms with van der Waals surface area (Å²) in [6.07, 6.45) is 5.87. The monoisotopic (exact) mass is 207 g/mol. The van der Waals surface area contributed by atoms with Gasteiger partial charge in [-0.15, -0.1) is 0 Å².